The van der Waals surface area contributed by atoms with Crippen LogP contribution in [0.15, 0.2) is 59.0 Å². The highest BCUT2D eigenvalue weighted by Gasteiger charge is 2.30. The van der Waals surface area contributed by atoms with Crippen LogP contribution >= 0.6 is 11.6 Å². The quantitative estimate of drug-likeness (QED) is 0.446. The summed E-state index contributed by atoms with van der Waals surface area (Å²) >= 11 is 6.17. The van der Waals surface area contributed by atoms with Gasteiger partial charge in [0.05, 0.1) is 17.5 Å². The Morgan fingerprint density at radius 2 is 1.73 bits per heavy atom. The maximum Gasteiger partial charge on any atom is 0.255 e. The number of likely N-dealkylation sites (tertiary alicyclic amines) is 2. The van der Waals surface area contributed by atoms with Crippen LogP contribution in [0.5, 0.6) is 0 Å². The van der Waals surface area contributed by atoms with E-state index >= 15 is 0 Å². The molecule has 2 aliphatic carbocycles. The van der Waals surface area contributed by atoms with Crippen LogP contribution in [0.1, 0.15) is 75.1 Å². The molecule has 5 rings (SSSR count). The molecule has 0 unspecified atom stereocenters. The van der Waals surface area contributed by atoms with Gasteiger partial charge in [-0.2, -0.15) is 0 Å². The average molecular weight is 581 g/mol. The van der Waals surface area contributed by atoms with E-state index in [9.17, 15) is 19.5 Å². The molecule has 4 aliphatic rings. The van der Waals surface area contributed by atoms with E-state index in [0.717, 1.165) is 62.9 Å². The molecule has 1 aromatic carbocycles. The second-order valence-electron chi connectivity index (χ2n) is 11.8. The maximum absolute atomic E-state index is 13.4. The zero-order valence-electron chi connectivity index (χ0n) is 23.8. The van der Waals surface area contributed by atoms with Crippen LogP contribution in [0.4, 0.5) is 0 Å². The molecule has 3 amide bonds. The Morgan fingerprint density at radius 3 is 2.41 bits per heavy atom. The predicted octanol–water partition coefficient (Wildman–Crippen LogP) is 4.31. The summed E-state index contributed by atoms with van der Waals surface area (Å²) in [7, 11) is 0. The first-order valence-corrected chi connectivity index (χ1v) is 15.3. The highest BCUT2D eigenvalue weighted by molar-refractivity contribution is 6.31. The number of piperidine rings is 2. The van der Waals surface area contributed by atoms with Crippen LogP contribution < -0.4 is 10.6 Å². The second-order valence-corrected chi connectivity index (χ2v) is 12.3. The summed E-state index contributed by atoms with van der Waals surface area (Å²) in [5.41, 5.74) is 3.75. The van der Waals surface area contributed by atoms with E-state index in [1.165, 1.54) is 0 Å². The van der Waals surface area contributed by atoms with Gasteiger partial charge in [0, 0.05) is 54.8 Å². The van der Waals surface area contributed by atoms with E-state index in [1.807, 2.05) is 17.1 Å². The molecule has 0 radical (unpaired) electrons. The van der Waals surface area contributed by atoms with Crippen molar-refractivity contribution < 1.29 is 19.5 Å². The van der Waals surface area contributed by atoms with Gasteiger partial charge in [-0.3, -0.25) is 14.4 Å². The van der Waals surface area contributed by atoms with Crippen LogP contribution in [-0.4, -0.2) is 71.0 Å². The molecule has 0 atom stereocenters. The molecule has 1 saturated carbocycles. The van der Waals surface area contributed by atoms with Crippen molar-refractivity contribution in [1.29, 1.82) is 0 Å². The van der Waals surface area contributed by atoms with E-state index in [0.29, 0.717) is 60.1 Å². The maximum atomic E-state index is 13.4. The third-order valence-corrected chi connectivity index (χ3v) is 8.80. The summed E-state index contributed by atoms with van der Waals surface area (Å²) in [6.07, 6.45) is 10.6. The van der Waals surface area contributed by atoms with Crippen molar-refractivity contribution >= 4 is 29.3 Å². The van der Waals surface area contributed by atoms with Crippen LogP contribution in [-0.2, 0) is 9.59 Å². The van der Waals surface area contributed by atoms with Crippen molar-refractivity contribution in [3.8, 4) is 0 Å². The fraction of sp³-hybridized carbons (Fsp3) is 0.531. The average Bonchev–Trinajstić information content (AvgIpc) is 3.76. The Kier molecular flexibility index (Phi) is 9.50. The molecule has 41 heavy (non-hydrogen) atoms. The smallest absolute Gasteiger partial charge is 0.255 e. The first kappa shape index (κ1) is 29.4. The van der Waals surface area contributed by atoms with Gasteiger partial charge in [-0.15, -0.1) is 0 Å². The monoisotopic (exact) mass is 580 g/mol. The topological polar surface area (TPSA) is 102 Å². The van der Waals surface area contributed by atoms with Crippen molar-refractivity contribution in [3.05, 3.63) is 69.5 Å². The Hall–Kier alpha value is -3.10. The lowest BCUT2D eigenvalue weighted by atomic mass is 9.91. The Morgan fingerprint density at radius 1 is 1.00 bits per heavy atom. The van der Waals surface area contributed by atoms with Gasteiger partial charge in [0.25, 0.3) is 11.8 Å². The summed E-state index contributed by atoms with van der Waals surface area (Å²) in [4.78, 5) is 43.6. The van der Waals surface area contributed by atoms with E-state index in [4.69, 9.17) is 11.6 Å². The number of aliphatic hydroxyl groups excluding tert-OH is 1. The van der Waals surface area contributed by atoms with E-state index in [-0.39, 0.29) is 29.9 Å². The third-order valence-electron chi connectivity index (χ3n) is 8.56. The van der Waals surface area contributed by atoms with Crippen molar-refractivity contribution in [3.63, 3.8) is 0 Å². The van der Waals surface area contributed by atoms with Crippen LogP contribution in [0.2, 0.25) is 5.02 Å². The molecule has 0 aromatic heterocycles. The largest absolute Gasteiger partial charge is 0.393 e. The number of rotatable bonds is 7. The minimum absolute atomic E-state index is 0.108. The van der Waals surface area contributed by atoms with Gasteiger partial charge in [0.15, 0.2) is 0 Å². The van der Waals surface area contributed by atoms with E-state index in [2.05, 4.69) is 22.5 Å². The molecule has 220 valence electrons. The van der Waals surface area contributed by atoms with E-state index < -0.39 is 0 Å². The van der Waals surface area contributed by atoms with Crippen LogP contribution in [0.3, 0.4) is 0 Å². The molecule has 0 bridgehead atoms. The number of hydrogen-bond acceptors (Lipinski definition) is 5. The van der Waals surface area contributed by atoms with Gasteiger partial charge in [-0.25, -0.2) is 0 Å². The summed E-state index contributed by atoms with van der Waals surface area (Å²) in [6, 6.07) is 7.08. The second kappa shape index (κ2) is 13.3. The van der Waals surface area contributed by atoms with Crippen molar-refractivity contribution in [1.82, 2.24) is 20.4 Å². The minimum atomic E-state index is -0.292. The Labute approximate surface area is 247 Å². The summed E-state index contributed by atoms with van der Waals surface area (Å²) in [5, 5.41) is 16.5. The van der Waals surface area contributed by atoms with Crippen molar-refractivity contribution in [2.24, 2.45) is 5.92 Å². The van der Waals surface area contributed by atoms with E-state index in [1.54, 1.807) is 24.3 Å². The van der Waals surface area contributed by atoms with Gasteiger partial charge in [0.2, 0.25) is 5.91 Å². The zero-order valence-corrected chi connectivity index (χ0v) is 24.6. The first-order chi connectivity index (χ1) is 19.8. The Bertz CT molecular complexity index is 1250. The number of aliphatic hydroxyl groups is 1. The number of nitrogens with zero attached hydrogens (tertiary/aromatic N) is 2. The lowest BCUT2D eigenvalue weighted by Crippen LogP contribution is -2.42. The minimum Gasteiger partial charge on any atom is -0.393 e. The number of benzene rings is 1. The fourth-order valence-electron chi connectivity index (χ4n) is 5.94. The lowest BCUT2D eigenvalue weighted by molar-refractivity contribution is -0.134. The molecule has 8 nitrogen and oxygen atoms in total. The van der Waals surface area contributed by atoms with Crippen LogP contribution in [0, 0.1) is 5.92 Å². The lowest BCUT2D eigenvalue weighted by Gasteiger charge is -2.38. The number of nitrogens with one attached hydrogen (secondary N) is 2. The number of allylic oxidation sites excluding steroid dienone is 2. The van der Waals surface area contributed by atoms with Crippen molar-refractivity contribution in [2.45, 2.75) is 76.9 Å². The summed E-state index contributed by atoms with van der Waals surface area (Å²) < 4.78 is 0. The summed E-state index contributed by atoms with van der Waals surface area (Å²) in [5.74, 6) is 0.0953. The van der Waals surface area contributed by atoms with Gasteiger partial charge < -0.3 is 25.5 Å². The number of halogens is 1. The molecule has 2 aliphatic heterocycles. The summed E-state index contributed by atoms with van der Waals surface area (Å²) in [6.45, 7) is 4.89. The number of carbonyl (C=O) groups is 3. The fourth-order valence-corrected chi connectivity index (χ4v) is 6.13. The SMILES string of the molecule is CC1=C(N2CCC(CC(=O)N3CCC(O)CC3)CC2)C(NC(=O)c2cccc(Cl)c2)=CC(C(=O)NC2CC2)=CCC1. The number of hydrogen-bond donors (Lipinski definition) is 3. The third kappa shape index (κ3) is 7.80. The molecule has 2 heterocycles. The normalized spacial score (nSPS) is 21.0. The van der Waals surface area contributed by atoms with Gasteiger partial charge in [0.1, 0.15) is 0 Å². The molecule has 9 heteroatoms. The number of carbonyl (C=O) groups excluding carboxylic acids is 3. The standard InChI is InChI=1S/C32H41ClN4O4/c1-21-4-2-5-24(31(40)34-26-8-9-26)20-28(35-32(41)23-6-3-7-25(33)19-23)30(21)37-14-10-22(11-15-37)18-29(39)36-16-12-27(38)13-17-36/h3,5-7,19-20,22,26-27,38H,2,4,8-18H2,1H3,(H,34,40)(H,35,41). The van der Waals surface area contributed by atoms with Gasteiger partial charge in [-0.1, -0.05) is 23.7 Å². The zero-order chi connectivity index (χ0) is 28.9. The molecular weight excluding hydrogens is 540 g/mol. The molecule has 2 saturated heterocycles. The van der Waals surface area contributed by atoms with Gasteiger partial charge >= 0.3 is 0 Å². The molecule has 3 fully saturated rings. The first-order valence-electron chi connectivity index (χ1n) is 15.0. The van der Waals surface area contributed by atoms with Crippen molar-refractivity contribution in [2.75, 3.05) is 26.2 Å². The van der Waals surface area contributed by atoms with Gasteiger partial charge in [-0.05, 0) is 94.1 Å². The van der Waals surface area contributed by atoms with Crippen LogP contribution in [0.25, 0.3) is 0 Å². The molecule has 3 N–H and O–H groups in total. The molecule has 1 aromatic rings. The predicted molar refractivity (Wildman–Crippen MR) is 159 cm³/mol. The highest BCUT2D eigenvalue weighted by Crippen LogP contribution is 2.31. The highest BCUT2D eigenvalue weighted by atomic mass is 35.5. The number of amides is 3. The Balaban J connectivity index is 1.32. The molecule has 0 spiro atoms. The molecular formula is C32H41ClN4O4.